The smallest absolute Gasteiger partial charge is 0.326 e. The molecule has 3 rings (SSSR count). The summed E-state index contributed by atoms with van der Waals surface area (Å²) >= 11 is 0. The molecule has 1 aromatic heterocycles. The average molecular weight is 976 g/mol. The molecule has 0 aliphatic rings. The van der Waals surface area contributed by atoms with Crippen molar-refractivity contribution in [2.24, 2.45) is 28.3 Å². The van der Waals surface area contributed by atoms with Gasteiger partial charge in [0.2, 0.25) is 41.4 Å². The number of phenols is 1. The number of aromatic amines is 1. The molecule has 0 saturated heterocycles. The number of benzene rings is 2. The largest absolute Gasteiger partial charge is 0.508 e. The van der Waals surface area contributed by atoms with Crippen LogP contribution < -0.4 is 48.7 Å². The zero-order valence-electron chi connectivity index (χ0n) is 40.7. The highest BCUT2D eigenvalue weighted by Crippen LogP contribution is 2.15. The number of carbonyl (C=O) groups is 8. The third-order valence-corrected chi connectivity index (χ3v) is 11.2. The fourth-order valence-corrected chi connectivity index (χ4v) is 7.24. The predicted octanol–water partition coefficient (Wildman–Crippen LogP) is -1.43. The minimum atomic E-state index is -1.36. The average Bonchev–Trinajstić information content (AvgIpc) is 3.82. The van der Waals surface area contributed by atoms with Gasteiger partial charge in [-0.25, -0.2) is 9.78 Å². The van der Waals surface area contributed by atoms with Crippen molar-refractivity contribution in [3.05, 3.63) is 83.9 Å². The van der Waals surface area contributed by atoms with Crippen molar-refractivity contribution in [1.29, 1.82) is 0 Å². The molecule has 70 heavy (non-hydrogen) atoms. The van der Waals surface area contributed by atoms with Gasteiger partial charge in [0.15, 0.2) is 5.96 Å². The van der Waals surface area contributed by atoms with E-state index >= 15 is 0 Å². The summed E-state index contributed by atoms with van der Waals surface area (Å²) in [7, 11) is 2.89. The van der Waals surface area contributed by atoms with Crippen LogP contribution in [-0.2, 0) is 57.6 Å². The molecule has 7 amide bonds. The van der Waals surface area contributed by atoms with E-state index in [1.165, 1.54) is 38.6 Å². The molecule has 23 heteroatoms. The Morgan fingerprint density at radius 1 is 0.700 bits per heavy atom. The molecule has 0 aliphatic heterocycles. The molecule has 0 spiro atoms. The highest BCUT2D eigenvalue weighted by molar-refractivity contribution is 5.97. The number of carboxylic acids is 1. The Labute approximate surface area is 407 Å². The van der Waals surface area contributed by atoms with E-state index in [4.69, 9.17) is 11.5 Å². The van der Waals surface area contributed by atoms with E-state index in [9.17, 15) is 48.6 Å². The number of amides is 7. The zero-order chi connectivity index (χ0) is 52.1. The summed E-state index contributed by atoms with van der Waals surface area (Å²) in [5.74, 6) is -7.56. The van der Waals surface area contributed by atoms with E-state index in [0.29, 0.717) is 23.2 Å². The van der Waals surface area contributed by atoms with Crippen LogP contribution in [0, 0.1) is 11.8 Å². The van der Waals surface area contributed by atoms with Crippen LogP contribution in [0.3, 0.4) is 0 Å². The summed E-state index contributed by atoms with van der Waals surface area (Å²) in [4.78, 5) is 121. The lowest BCUT2D eigenvalue weighted by Gasteiger charge is -2.30. The Morgan fingerprint density at radius 3 is 1.76 bits per heavy atom. The van der Waals surface area contributed by atoms with Crippen molar-refractivity contribution in [2.75, 3.05) is 27.2 Å². The molecule has 14 N–H and O–H groups in total. The number of guanidine groups is 1. The summed E-state index contributed by atoms with van der Waals surface area (Å²) in [5, 5.41) is 38.8. The number of nitrogens with two attached hydrogens (primary N) is 2. The number of H-pyrrole nitrogens is 1. The lowest BCUT2D eigenvalue weighted by molar-refractivity contribution is -0.150. The second kappa shape index (κ2) is 28.1. The first-order valence-corrected chi connectivity index (χ1v) is 22.9. The van der Waals surface area contributed by atoms with Gasteiger partial charge in [0.1, 0.15) is 48.0 Å². The van der Waals surface area contributed by atoms with Crippen molar-refractivity contribution in [2.45, 2.75) is 109 Å². The third kappa shape index (κ3) is 18.5. The number of hydrogen-bond acceptors (Lipinski definition) is 12. The van der Waals surface area contributed by atoms with E-state index in [1.54, 1.807) is 77.2 Å². The predicted molar refractivity (Wildman–Crippen MR) is 259 cm³/mol. The Hall–Kier alpha value is -7.56. The molecular formula is C47H69N13O10. The molecule has 382 valence electrons. The highest BCUT2D eigenvalue weighted by atomic mass is 16.4. The number of aliphatic imine (C=N–C) groups is 1. The first-order chi connectivity index (χ1) is 33.1. The summed E-state index contributed by atoms with van der Waals surface area (Å²) in [6.07, 6.45) is 3.00. The van der Waals surface area contributed by atoms with Gasteiger partial charge in [-0.1, -0.05) is 70.2 Å². The summed E-state index contributed by atoms with van der Waals surface area (Å²) in [6.45, 7) is 8.14. The Balaban J connectivity index is 1.86. The highest BCUT2D eigenvalue weighted by Gasteiger charge is 2.36. The van der Waals surface area contributed by atoms with Crippen molar-refractivity contribution in [1.82, 2.24) is 52.1 Å². The second-order valence-corrected chi connectivity index (χ2v) is 17.6. The number of aromatic nitrogens is 2. The van der Waals surface area contributed by atoms with Gasteiger partial charge in [-0.05, 0) is 61.9 Å². The molecule has 23 nitrogen and oxygen atoms in total. The van der Waals surface area contributed by atoms with Gasteiger partial charge in [-0.2, -0.15) is 0 Å². The molecule has 2 aromatic carbocycles. The molecule has 7 atom stereocenters. The molecule has 0 bridgehead atoms. The Kier molecular flexibility index (Phi) is 22.8. The van der Waals surface area contributed by atoms with Crippen molar-refractivity contribution < 1.29 is 48.6 Å². The normalized spacial score (nSPS) is 14.1. The minimum absolute atomic E-state index is 0.0106. The topological polar surface area (TPSA) is 358 Å². The van der Waals surface area contributed by atoms with Gasteiger partial charge in [0.05, 0.1) is 12.9 Å². The number of aromatic hydroxyl groups is 1. The number of imidazole rings is 1. The number of nitrogens with zero attached hydrogens (tertiary/aromatic N) is 3. The number of carbonyl (C=O) groups excluding carboxylic acids is 7. The number of phenolic OH excluding ortho intramolecular Hbond substituents is 1. The van der Waals surface area contributed by atoms with Gasteiger partial charge < -0.3 is 68.8 Å². The Morgan fingerprint density at radius 2 is 1.24 bits per heavy atom. The van der Waals surface area contributed by atoms with E-state index < -0.39 is 101 Å². The maximum Gasteiger partial charge on any atom is 0.326 e. The van der Waals surface area contributed by atoms with Crippen LogP contribution in [0.2, 0.25) is 0 Å². The number of nitrogens with one attached hydrogen (secondary N) is 8. The number of carboxylic acid groups (broad SMARTS) is 1. The Bertz CT molecular complexity index is 2240. The van der Waals surface area contributed by atoms with Crippen molar-refractivity contribution >= 4 is 53.3 Å². The quantitative estimate of drug-likeness (QED) is 0.0226. The molecule has 3 aromatic rings. The number of rotatable bonds is 28. The van der Waals surface area contributed by atoms with E-state index in [-0.39, 0.29) is 50.5 Å². The van der Waals surface area contributed by atoms with Crippen molar-refractivity contribution in [3.63, 3.8) is 0 Å². The van der Waals surface area contributed by atoms with Crippen LogP contribution in [0.25, 0.3) is 0 Å². The van der Waals surface area contributed by atoms with Crippen LogP contribution in [0.5, 0.6) is 5.75 Å². The fourth-order valence-electron chi connectivity index (χ4n) is 7.24. The summed E-state index contributed by atoms with van der Waals surface area (Å²) in [6, 6.07) is 5.85. The number of aliphatic carboxylic acids is 1. The lowest BCUT2D eigenvalue weighted by Crippen LogP contribution is -2.61. The van der Waals surface area contributed by atoms with Crippen LogP contribution in [0.15, 0.2) is 72.1 Å². The minimum Gasteiger partial charge on any atom is -0.508 e. The zero-order valence-corrected chi connectivity index (χ0v) is 40.7. The first-order valence-electron chi connectivity index (χ1n) is 22.9. The molecule has 0 aliphatic carbocycles. The van der Waals surface area contributed by atoms with Gasteiger partial charge in [0.25, 0.3) is 0 Å². The second-order valence-electron chi connectivity index (χ2n) is 17.6. The molecule has 2 unspecified atom stereocenters. The van der Waals surface area contributed by atoms with Crippen LogP contribution >= 0.6 is 0 Å². The molecular weight excluding hydrogens is 907 g/mol. The molecule has 0 saturated carbocycles. The standard InChI is InChI=1S/C47H69N13O10/c1-26(2)38(58-40(63)33(55-37(62)24-50-6)14-11-19-52-47(48)49)43(66)56-34(20-30-15-17-32(61)18-16-30)42(65)59-39(27(3)4)44(67)57-35(22-31-23-51-25-53-31)41(64)54-28(5)45(68)60(7)36(46(69)70)21-29-12-9-8-10-13-29/h8-10,12-13,15-18,23,25-28,33-36,38-39,50,61H,11,14,19-22,24H2,1-7H3,(H,51,53)(H,54,64)(H,55,62)(H,56,66)(H,57,67)(H,58,63)(H,59,65)(H,69,70)(H4,48,49,52)/t28?,33-,34-,35?,36-,38-,39-/m0/s1. The van der Waals surface area contributed by atoms with E-state index in [0.717, 1.165) is 4.90 Å². The molecule has 1 heterocycles. The maximum absolute atomic E-state index is 14.3. The summed E-state index contributed by atoms with van der Waals surface area (Å²) in [5.41, 5.74) is 12.5. The SMILES string of the molecule is CNCC(=O)N[C@@H](CCCN=C(N)N)C(=O)N[C@H](C(=O)N[C@@H](Cc1ccc(O)cc1)C(=O)N[C@H](C(=O)NC(Cc1cnc[nH]1)C(=O)NC(C)C(=O)N(C)[C@@H](Cc1ccccc1)C(=O)O)C(C)C)C(C)C. The van der Waals surface area contributed by atoms with Gasteiger partial charge in [-0.15, -0.1) is 0 Å². The van der Waals surface area contributed by atoms with E-state index in [1.807, 2.05) is 0 Å². The maximum atomic E-state index is 14.3. The third-order valence-electron chi connectivity index (χ3n) is 11.2. The van der Waals surface area contributed by atoms with Crippen LogP contribution in [0.1, 0.15) is 64.3 Å². The van der Waals surface area contributed by atoms with E-state index in [2.05, 4.69) is 52.2 Å². The van der Waals surface area contributed by atoms with Gasteiger partial charge >= 0.3 is 5.97 Å². The molecule has 0 fully saturated rings. The molecule has 0 radical (unpaired) electrons. The summed E-state index contributed by atoms with van der Waals surface area (Å²) < 4.78 is 0. The van der Waals surface area contributed by atoms with Gasteiger partial charge in [-0.3, -0.25) is 38.6 Å². The number of hydrogen-bond donors (Lipinski definition) is 12. The monoisotopic (exact) mass is 976 g/mol. The fraction of sp³-hybridized carbons (Fsp3) is 0.489. The van der Waals surface area contributed by atoms with Gasteiger partial charge in [0, 0.05) is 44.7 Å². The number of likely N-dealkylation sites (N-methyl/N-ethyl adjacent to an activating group) is 2. The van der Waals surface area contributed by atoms with Crippen molar-refractivity contribution in [3.8, 4) is 5.75 Å². The van der Waals surface area contributed by atoms with Crippen LogP contribution in [0.4, 0.5) is 0 Å². The van der Waals surface area contributed by atoms with Crippen LogP contribution in [-0.4, -0.2) is 148 Å². The first kappa shape index (κ1) is 56.8. The lowest BCUT2D eigenvalue weighted by atomic mass is 9.98.